The maximum Gasteiger partial charge on any atom is 0.160 e. The summed E-state index contributed by atoms with van der Waals surface area (Å²) in [5.74, 6) is 0.713. The van der Waals surface area contributed by atoms with Crippen LogP contribution in [0.4, 0.5) is 5.69 Å². The first-order valence-corrected chi connectivity index (χ1v) is 9.06. The highest BCUT2D eigenvalue weighted by Crippen LogP contribution is 2.32. The van der Waals surface area contributed by atoms with Crippen molar-refractivity contribution >= 4 is 50.8 Å². The molecule has 1 unspecified atom stereocenters. The molecule has 2 heterocycles. The number of para-hydroxylation sites is 1. The summed E-state index contributed by atoms with van der Waals surface area (Å²) >= 11 is 0. The predicted molar refractivity (Wildman–Crippen MR) is 100 cm³/mol. The van der Waals surface area contributed by atoms with Gasteiger partial charge >= 0.3 is 0 Å². The van der Waals surface area contributed by atoms with E-state index in [9.17, 15) is 4.21 Å². The minimum Gasteiger partial charge on any atom is -0.384 e. The fourth-order valence-corrected chi connectivity index (χ4v) is 3.32. The smallest absolute Gasteiger partial charge is 0.160 e. The van der Waals surface area contributed by atoms with Crippen LogP contribution in [0, 0.1) is 6.92 Å². The fraction of sp³-hybridized carbons (Fsp3) is 0.375. The molecule has 3 rings (SSSR count). The van der Waals surface area contributed by atoms with Crippen LogP contribution in [0.25, 0.3) is 21.9 Å². The van der Waals surface area contributed by atoms with E-state index in [1.165, 1.54) is 0 Å². The van der Waals surface area contributed by atoms with E-state index in [1.54, 1.807) is 6.26 Å². The van der Waals surface area contributed by atoms with Crippen LogP contribution in [0.15, 0.2) is 24.3 Å². The molecular formula is C16H21ClN4OS. The van der Waals surface area contributed by atoms with E-state index in [0.717, 1.165) is 46.3 Å². The van der Waals surface area contributed by atoms with Gasteiger partial charge in [-0.3, -0.25) is 8.89 Å². The Hall–Kier alpha value is -1.66. The average Bonchev–Trinajstić information content (AvgIpc) is 2.77. The molecule has 0 aliphatic heterocycles. The summed E-state index contributed by atoms with van der Waals surface area (Å²) in [5, 5.41) is 10.2. The Morgan fingerprint density at radius 3 is 2.78 bits per heavy atom. The van der Waals surface area contributed by atoms with Gasteiger partial charge in [0.25, 0.3) is 0 Å². The summed E-state index contributed by atoms with van der Waals surface area (Å²) in [4.78, 5) is 4.73. The minimum atomic E-state index is -0.747. The molecule has 0 radical (unpaired) electrons. The lowest BCUT2D eigenvalue weighted by atomic mass is 10.1. The number of aryl methyl sites for hydroxylation is 2. The Balaban J connectivity index is 0.00000192. The van der Waals surface area contributed by atoms with Crippen LogP contribution in [0.2, 0.25) is 0 Å². The molecule has 124 valence electrons. The summed E-state index contributed by atoms with van der Waals surface area (Å²) in [7, 11) is 1.17. The Kier molecular flexibility index (Phi) is 5.59. The molecule has 0 bridgehead atoms. The van der Waals surface area contributed by atoms with Crippen LogP contribution in [-0.4, -0.2) is 37.5 Å². The molecule has 1 aromatic carbocycles. The zero-order valence-electron chi connectivity index (χ0n) is 13.5. The molecule has 0 aliphatic rings. The average molecular weight is 353 g/mol. The van der Waals surface area contributed by atoms with Gasteiger partial charge < -0.3 is 5.32 Å². The lowest BCUT2D eigenvalue weighted by Crippen LogP contribution is -2.07. The summed E-state index contributed by atoms with van der Waals surface area (Å²) < 4.78 is 13.0. The zero-order chi connectivity index (χ0) is 15.7. The number of fused-ring (bicyclic) bond motifs is 2. The molecule has 0 saturated carbocycles. The number of aromatic nitrogens is 3. The molecule has 0 fully saturated rings. The van der Waals surface area contributed by atoms with E-state index in [0.29, 0.717) is 5.75 Å². The number of pyridine rings is 1. The van der Waals surface area contributed by atoms with Gasteiger partial charge in [0.15, 0.2) is 5.65 Å². The molecule has 0 amide bonds. The lowest BCUT2D eigenvalue weighted by molar-refractivity contribution is 0.685. The standard InChI is InChI=1S/C16H20N4OS.ClH/c1-11-14-15(17-9-6-10-22(3)21)12-7-4-5-8-13(12)18-16(14)20(2)19-11;/h4-5,7-8H,6,9-10H2,1-3H3,(H,17,18);1H. The van der Waals surface area contributed by atoms with E-state index in [1.807, 2.05) is 36.9 Å². The number of hydrogen-bond donors (Lipinski definition) is 1. The van der Waals surface area contributed by atoms with Crippen molar-refractivity contribution in [3.63, 3.8) is 0 Å². The van der Waals surface area contributed by atoms with Crippen molar-refractivity contribution in [1.29, 1.82) is 0 Å². The molecule has 7 heteroatoms. The first kappa shape index (κ1) is 17.7. The van der Waals surface area contributed by atoms with Gasteiger partial charge in [-0.05, 0) is 19.4 Å². The molecule has 3 aromatic rings. The number of benzene rings is 1. The van der Waals surface area contributed by atoms with Crippen molar-refractivity contribution in [2.45, 2.75) is 13.3 Å². The topological polar surface area (TPSA) is 59.8 Å². The van der Waals surface area contributed by atoms with E-state index in [2.05, 4.69) is 16.5 Å². The van der Waals surface area contributed by atoms with E-state index < -0.39 is 10.8 Å². The lowest BCUT2D eigenvalue weighted by Gasteiger charge is -2.11. The van der Waals surface area contributed by atoms with Crippen molar-refractivity contribution in [3.05, 3.63) is 30.0 Å². The van der Waals surface area contributed by atoms with Crippen LogP contribution < -0.4 is 5.32 Å². The van der Waals surface area contributed by atoms with Gasteiger partial charge in [0.1, 0.15) is 0 Å². The van der Waals surface area contributed by atoms with Crippen LogP contribution in [0.5, 0.6) is 0 Å². The van der Waals surface area contributed by atoms with Gasteiger partial charge in [-0.15, -0.1) is 12.4 Å². The maximum atomic E-state index is 11.2. The van der Waals surface area contributed by atoms with Gasteiger partial charge in [-0.1, -0.05) is 18.2 Å². The van der Waals surface area contributed by atoms with Crippen molar-refractivity contribution in [1.82, 2.24) is 14.8 Å². The second-order valence-electron chi connectivity index (χ2n) is 5.47. The summed E-state index contributed by atoms with van der Waals surface area (Å²) in [6.07, 6.45) is 2.62. The third kappa shape index (κ3) is 3.48. The summed E-state index contributed by atoms with van der Waals surface area (Å²) in [6, 6.07) is 8.11. The highest BCUT2D eigenvalue weighted by molar-refractivity contribution is 7.84. The third-order valence-corrected chi connectivity index (χ3v) is 4.62. The highest BCUT2D eigenvalue weighted by Gasteiger charge is 2.15. The molecule has 0 saturated heterocycles. The van der Waals surface area contributed by atoms with E-state index >= 15 is 0 Å². The van der Waals surface area contributed by atoms with Crippen LogP contribution in [0.3, 0.4) is 0 Å². The molecule has 1 N–H and O–H groups in total. The normalized spacial score (nSPS) is 12.3. The summed E-state index contributed by atoms with van der Waals surface area (Å²) in [6.45, 7) is 2.79. The highest BCUT2D eigenvalue weighted by atomic mass is 35.5. The Labute approximate surface area is 144 Å². The SMILES string of the molecule is Cc1nn(C)c2nc3ccccc3c(NCCCS(C)=O)c12.Cl. The third-order valence-electron chi connectivity index (χ3n) is 3.75. The van der Waals surface area contributed by atoms with Gasteiger partial charge in [-0.2, -0.15) is 5.10 Å². The van der Waals surface area contributed by atoms with Crippen molar-refractivity contribution in [3.8, 4) is 0 Å². The van der Waals surface area contributed by atoms with Crippen LogP contribution in [0.1, 0.15) is 12.1 Å². The number of hydrogen-bond acceptors (Lipinski definition) is 4. The molecule has 2 aromatic heterocycles. The molecular weight excluding hydrogens is 332 g/mol. The second-order valence-corrected chi connectivity index (χ2v) is 7.02. The van der Waals surface area contributed by atoms with Crippen molar-refractivity contribution < 1.29 is 4.21 Å². The van der Waals surface area contributed by atoms with Gasteiger partial charge in [0.05, 0.1) is 22.3 Å². The minimum absolute atomic E-state index is 0. The zero-order valence-corrected chi connectivity index (χ0v) is 15.1. The Morgan fingerprint density at radius 2 is 2.04 bits per heavy atom. The number of nitrogens with zero attached hydrogens (tertiary/aromatic N) is 3. The van der Waals surface area contributed by atoms with Crippen LogP contribution >= 0.6 is 12.4 Å². The molecule has 23 heavy (non-hydrogen) atoms. The number of nitrogens with one attached hydrogen (secondary N) is 1. The first-order valence-electron chi connectivity index (χ1n) is 7.34. The predicted octanol–water partition coefficient (Wildman–Crippen LogP) is 3.03. The number of halogens is 1. The number of rotatable bonds is 5. The maximum absolute atomic E-state index is 11.2. The monoisotopic (exact) mass is 352 g/mol. The van der Waals surface area contributed by atoms with E-state index in [4.69, 9.17) is 4.98 Å². The van der Waals surface area contributed by atoms with Gasteiger partial charge in [0, 0.05) is 41.8 Å². The summed E-state index contributed by atoms with van der Waals surface area (Å²) in [5.41, 5.74) is 3.89. The van der Waals surface area contributed by atoms with Crippen molar-refractivity contribution in [2.75, 3.05) is 23.9 Å². The molecule has 0 spiro atoms. The first-order chi connectivity index (χ1) is 10.6. The van der Waals surface area contributed by atoms with Crippen LogP contribution in [-0.2, 0) is 17.8 Å². The van der Waals surface area contributed by atoms with Gasteiger partial charge in [0.2, 0.25) is 0 Å². The Bertz CT molecular complexity index is 862. The second kappa shape index (κ2) is 7.27. The Morgan fingerprint density at radius 1 is 1.30 bits per heavy atom. The van der Waals surface area contributed by atoms with Crippen molar-refractivity contribution in [2.24, 2.45) is 7.05 Å². The quantitative estimate of drug-likeness (QED) is 0.717. The number of anilines is 1. The van der Waals surface area contributed by atoms with Gasteiger partial charge in [-0.25, -0.2) is 4.98 Å². The van der Waals surface area contributed by atoms with E-state index in [-0.39, 0.29) is 12.4 Å². The molecule has 5 nitrogen and oxygen atoms in total. The fourth-order valence-electron chi connectivity index (χ4n) is 2.77. The molecule has 1 atom stereocenters. The largest absolute Gasteiger partial charge is 0.384 e. The molecule has 0 aliphatic carbocycles.